The van der Waals surface area contributed by atoms with Crippen molar-refractivity contribution < 1.29 is 14.2 Å². The van der Waals surface area contributed by atoms with Crippen molar-refractivity contribution in [1.82, 2.24) is 9.97 Å². The minimum atomic E-state index is -0.256. The maximum Gasteiger partial charge on any atom is 0.132 e. The van der Waals surface area contributed by atoms with E-state index in [2.05, 4.69) is 9.97 Å². The molecule has 1 aromatic carbocycles. The number of aromatic nitrogens is 2. The lowest BCUT2D eigenvalue weighted by molar-refractivity contribution is 0.193. The van der Waals surface area contributed by atoms with E-state index in [-0.39, 0.29) is 12.4 Å². The van der Waals surface area contributed by atoms with Crippen LogP contribution in [-0.2, 0) is 11.3 Å². The van der Waals surface area contributed by atoms with Gasteiger partial charge in [0.15, 0.2) is 0 Å². The fourth-order valence-electron chi connectivity index (χ4n) is 2.73. The number of aliphatic hydroxyl groups is 1. The van der Waals surface area contributed by atoms with Gasteiger partial charge < -0.3 is 14.7 Å². The van der Waals surface area contributed by atoms with Gasteiger partial charge in [-0.15, -0.1) is 0 Å². The van der Waals surface area contributed by atoms with Gasteiger partial charge in [-0.25, -0.2) is 14.4 Å². The molecule has 2 heterocycles. The summed E-state index contributed by atoms with van der Waals surface area (Å²) in [6.07, 6.45) is 2.52. The molecule has 0 amide bonds. The van der Waals surface area contributed by atoms with Crippen LogP contribution in [-0.4, -0.2) is 41.4 Å². The third-order valence-electron chi connectivity index (χ3n) is 4.00. The first-order valence-corrected chi connectivity index (χ1v) is 7.76. The fraction of sp³-hybridized carbons (Fsp3) is 0.412. The van der Waals surface area contributed by atoms with Crippen LogP contribution >= 0.6 is 0 Å². The van der Waals surface area contributed by atoms with Crippen molar-refractivity contribution in [3.63, 3.8) is 0 Å². The molecule has 1 N–H and O–H groups in total. The van der Waals surface area contributed by atoms with Gasteiger partial charge in [-0.3, -0.25) is 0 Å². The molecule has 2 aromatic rings. The highest BCUT2D eigenvalue weighted by molar-refractivity contribution is 5.41. The summed E-state index contributed by atoms with van der Waals surface area (Å²) in [6.45, 7) is 2.48. The molecule has 3 rings (SSSR count). The van der Waals surface area contributed by atoms with Gasteiger partial charge in [0, 0.05) is 31.7 Å². The van der Waals surface area contributed by atoms with E-state index in [9.17, 15) is 9.50 Å². The summed E-state index contributed by atoms with van der Waals surface area (Å²) in [7, 11) is 0. The maximum absolute atomic E-state index is 13.0. The molecule has 1 aliphatic rings. The van der Waals surface area contributed by atoms with Crippen LogP contribution in [0, 0.1) is 5.82 Å². The predicted molar refractivity (Wildman–Crippen MR) is 84.7 cm³/mol. The highest BCUT2D eigenvalue weighted by atomic mass is 19.1. The second-order valence-electron chi connectivity index (χ2n) is 5.63. The first-order chi connectivity index (χ1) is 11.3. The van der Waals surface area contributed by atoms with Crippen molar-refractivity contribution in [3.8, 4) is 0 Å². The number of benzene rings is 1. The summed E-state index contributed by atoms with van der Waals surface area (Å²) in [5.41, 5.74) is 1.93. The molecule has 1 aliphatic heterocycles. The molecule has 0 saturated carbocycles. The van der Waals surface area contributed by atoms with E-state index in [1.165, 1.54) is 12.1 Å². The van der Waals surface area contributed by atoms with Gasteiger partial charge in [0.05, 0.1) is 18.9 Å². The maximum atomic E-state index is 13.0. The minimum Gasteiger partial charge on any atom is -0.395 e. The Kier molecular flexibility index (Phi) is 5.15. The fourth-order valence-corrected chi connectivity index (χ4v) is 2.73. The number of aliphatic hydroxyl groups excluding tert-OH is 1. The SMILES string of the molecule is OCCN(Cc1ccc(F)cc1)c1cc([C@H]2CCOC2)ncn1. The summed E-state index contributed by atoms with van der Waals surface area (Å²) in [6, 6.07) is 8.32. The van der Waals surface area contributed by atoms with Crippen molar-refractivity contribution in [2.45, 2.75) is 18.9 Å². The first kappa shape index (κ1) is 15.8. The van der Waals surface area contributed by atoms with Crippen LogP contribution in [0.3, 0.4) is 0 Å². The van der Waals surface area contributed by atoms with Crippen LogP contribution in [0.2, 0.25) is 0 Å². The molecular formula is C17H20FN3O2. The Bertz CT molecular complexity index is 630. The molecule has 6 heteroatoms. The van der Waals surface area contributed by atoms with Crippen molar-refractivity contribution in [3.05, 3.63) is 53.7 Å². The van der Waals surface area contributed by atoms with E-state index < -0.39 is 0 Å². The first-order valence-electron chi connectivity index (χ1n) is 7.76. The highest BCUT2D eigenvalue weighted by Crippen LogP contribution is 2.25. The Labute approximate surface area is 134 Å². The molecule has 0 radical (unpaired) electrons. The topological polar surface area (TPSA) is 58.5 Å². The normalized spacial score (nSPS) is 17.4. The number of halogens is 1. The molecule has 122 valence electrons. The van der Waals surface area contributed by atoms with Crippen molar-refractivity contribution in [2.24, 2.45) is 0 Å². The number of anilines is 1. The van der Waals surface area contributed by atoms with E-state index in [0.717, 1.165) is 30.1 Å². The lowest BCUT2D eigenvalue weighted by Crippen LogP contribution is -2.27. The molecule has 5 nitrogen and oxygen atoms in total. The zero-order chi connectivity index (χ0) is 16.1. The van der Waals surface area contributed by atoms with Gasteiger partial charge in [-0.1, -0.05) is 12.1 Å². The molecule has 1 fully saturated rings. The number of hydrogen-bond donors (Lipinski definition) is 1. The average Bonchev–Trinajstić information content (AvgIpc) is 3.11. The molecule has 1 aromatic heterocycles. The van der Waals surface area contributed by atoms with E-state index in [0.29, 0.717) is 25.6 Å². The number of ether oxygens (including phenoxy) is 1. The molecule has 1 atom stereocenters. The van der Waals surface area contributed by atoms with Crippen LogP contribution in [0.1, 0.15) is 23.6 Å². The molecule has 0 bridgehead atoms. The molecule has 0 unspecified atom stereocenters. The van der Waals surface area contributed by atoms with Gasteiger partial charge in [0.1, 0.15) is 18.0 Å². The minimum absolute atomic E-state index is 0.0209. The van der Waals surface area contributed by atoms with Crippen LogP contribution in [0.4, 0.5) is 10.2 Å². The smallest absolute Gasteiger partial charge is 0.132 e. The zero-order valence-corrected chi connectivity index (χ0v) is 12.9. The summed E-state index contributed by atoms with van der Waals surface area (Å²) in [4.78, 5) is 10.7. The van der Waals surface area contributed by atoms with Crippen LogP contribution in [0.15, 0.2) is 36.7 Å². The summed E-state index contributed by atoms with van der Waals surface area (Å²) < 4.78 is 18.5. The Morgan fingerprint density at radius 1 is 1.26 bits per heavy atom. The van der Waals surface area contributed by atoms with E-state index in [1.54, 1.807) is 18.5 Å². The third-order valence-corrected chi connectivity index (χ3v) is 4.00. The lowest BCUT2D eigenvalue weighted by atomic mass is 10.0. The van der Waals surface area contributed by atoms with Crippen molar-refractivity contribution in [2.75, 3.05) is 31.3 Å². The third kappa shape index (κ3) is 4.03. The van der Waals surface area contributed by atoms with Gasteiger partial charge in [-0.2, -0.15) is 0 Å². The molecule has 1 saturated heterocycles. The van der Waals surface area contributed by atoms with Crippen LogP contribution in [0.5, 0.6) is 0 Å². The Morgan fingerprint density at radius 2 is 2.09 bits per heavy atom. The molecule has 0 spiro atoms. The lowest BCUT2D eigenvalue weighted by Gasteiger charge is -2.23. The standard InChI is InChI=1S/C17H20FN3O2/c18-15-3-1-13(2-4-15)10-21(6-7-22)17-9-16(19-12-20-17)14-5-8-23-11-14/h1-4,9,12,14,22H,5-8,10-11H2/t14-/m0/s1. The Hall–Kier alpha value is -2.05. The van der Waals surface area contributed by atoms with Crippen LogP contribution in [0.25, 0.3) is 0 Å². The Balaban J connectivity index is 1.79. The van der Waals surface area contributed by atoms with Gasteiger partial charge in [0.2, 0.25) is 0 Å². The molecular weight excluding hydrogens is 297 g/mol. The number of hydrogen-bond acceptors (Lipinski definition) is 5. The largest absolute Gasteiger partial charge is 0.395 e. The highest BCUT2D eigenvalue weighted by Gasteiger charge is 2.20. The zero-order valence-electron chi connectivity index (χ0n) is 12.9. The number of rotatable bonds is 6. The second-order valence-corrected chi connectivity index (χ2v) is 5.63. The summed E-state index contributed by atoms with van der Waals surface area (Å²) in [5.74, 6) is 0.812. The predicted octanol–water partition coefficient (Wildman–Crippen LogP) is 2.12. The van der Waals surface area contributed by atoms with Gasteiger partial charge in [-0.05, 0) is 24.1 Å². The second kappa shape index (κ2) is 7.48. The van der Waals surface area contributed by atoms with Crippen molar-refractivity contribution >= 4 is 5.82 Å². The summed E-state index contributed by atoms with van der Waals surface area (Å²) in [5, 5.41) is 9.34. The Morgan fingerprint density at radius 3 is 2.78 bits per heavy atom. The van der Waals surface area contributed by atoms with E-state index in [4.69, 9.17) is 4.74 Å². The molecule has 23 heavy (non-hydrogen) atoms. The average molecular weight is 317 g/mol. The quantitative estimate of drug-likeness (QED) is 0.884. The monoisotopic (exact) mass is 317 g/mol. The molecule has 0 aliphatic carbocycles. The number of nitrogens with zero attached hydrogens (tertiary/aromatic N) is 3. The van der Waals surface area contributed by atoms with Gasteiger partial charge >= 0.3 is 0 Å². The van der Waals surface area contributed by atoms with E-state index in [1.807, 2.05) is 11.0 Å². The van der Waals surface area contributed by atoms with Gasteiger partial charge in [0.25, 0.3) is 0 Å². The van der Waals surface area contributed by atoms with E-state index >= 15 is 0 Å². The van der Waals surface area contributed by atoms with Crippen LogP contribution < -0.4 is 4.90 Å². The summed E-state index contributed by atoms with van der Waals surface area (Å²) >= 11 is 0. The van der Waals surface area contributed by atoms with Crippen molar-refractivity contribution in [1.29, 1.82) is 0 Å².